The number of halogens is 2. The van der Waals surface area contributed by atoms with Crippen LogP contribution in [0.25, 0.3) is 6.08 Å². The predicted molar refractivity (Wildman–Crippen MR) is 99.8 cm³/mol. The molecule has 0 unspecified atom stereocenters. The van der Waals surface area contributed by atoms with Crippen LogP contribution in [-0.2, 0) is 16.2 Å². The lowest BCUT2D eigenvalue weighted by Crippen LogP contribution is -2.03. The minimum absolute atomic E-state index is 0.432. The molecule has 122 valence electrons. The molecule has 4 nitrogen and oxygen atoms in total. The molecular formula is C18H13Br2NO3. The van der Waals surface area contributed by atoms with E-state index < -0.39 is 5.97 Å². The van der Waals surface area contributed by atoms with E-state index in [-0.39, 0.29) is 0 Å². The summed E-state index contributed by atoms with van der Waals surface area (Å²) in [5, 5.41) is 3.69. The van der Waals surface area contributed by atoms with Crippen LogP contribution in [0.1, 0.15) is 18.1 Å². The van der Waals surface area contributed by atoms with Crippen molar-refractivity contribution in [1.29, 1.82) is 0 Å². The van der Waals surface area contributed by atoms with Gasteiger partial charge in [0.2, 0.25) is 0 Å². The molecule has 0 aromatic heterocycles. The zero-order chi connectivity index (χ0) is 17.1. The monoisotopic (exact) mass is 449 g/mol. The van der Waals surface area contributed by atoms with Crippen LogP contribution in [0.5, 0.6) is 5.75 Å². The lowest BCUT2D eigenvalue weighted by Gasteiger charge is -2.10. The van der Waals surface area contributed by atoms with Gasteiger partial charge in [-0.1, -0.05) is 49.1 Å². The number of nitrogens with zero attached hydrogens (tertiary/aromatic N) is 1. The van der Waals surface area contributed by atoms with Crippen LogP contribution in [0.4, 0.5) is 0 Å². The molecule has 0 N–H and O–H groups in total. The van der Waals surface area contributed by atoms with Crippen molar-refractivity contribution in [2.75, 3.05) is 0 Å². The second kappa shape index (κ2) is 7.32. The number of benzene rings is 2. The number of rotatable bonds is 4. The number of hydrogen-bond acceptors (Lipinski definition) is 4. The topological polar surface area (TPSA) is 47.9 Å². The molecular weight excluding hydrogens is 438 g/mol. The highest BCUT2D eigenvalue weighted by atomic mass is 79.9. The third kappa shape index (κ3) is 3.94. The summed E-state index contributed by atoms with van der Waals surface area (Å²) in [6.07, 6.45) is 1.73. The van der Waals surface area contributed by atoms with E-state index in [1.165, 1.54) is 0 Å². The largest absolute Gasteiger partial charge is 0.488 e. The molecule has 6 heteroatoms. The molecule has 24 heavy (non-hydrogen) atoms. The summed E-state index contributed by atoms with van der Waals surface area (Å²) < 4.78 is 7.84. The summed E-state index contributed by atoms with van der Waals surface area (Å²) in [6, 6.07) is 13.6. The van der Waals surface area contributed by atoms with E-state index >= 15 is 0 Å². The SMILES string of the molecule is CC1=NOC(=O)/C1=C/c1cc(Br)ccc1OCc1ccc(Br)cc1. The second-order valence-corrected chi connectivity index (χ2v) is 7.04. The number of carbonyl (C=O) groups excluding carboxylic acids is 1. The predicted octanol–water partition coefficient (Wildman–Crippen LogP) is 5.11. The van der Waals surface area contributed by atoms with Gasteiger partial charge in [-0.25, -0.2) is 4.79 Å². The molecule has 2 aromatic carbocycles. The number of carbonyl (C=O) groups is 1. The van der Waals surface area contributed by atoms with Crippen molar-refractivity contribution in [2.24, 2.45) is 5.16 Å². The van der Waals surface area contributed by atoms with Crippen LogP contribution in [0.3, 0.4) is 0 Å². The summed E-state index contributed by atoms with van der Waals surface area (Å²) in [7, 11) is 0. The normalized spacial score (nSPS) is 15.4. The van der Waals surface area contributed by atoms with E-state index in [1.54, 1.807) is 13.0 Å². The van der Waals surface area contributed by atoms with Gasteiger partial charge in [-0.15, -0.1) is 0 Å². The molecule has 0 atom stereocenters. The van der Waals surface area contributed by atoms with Crippen LogP contribution in [-0.4, -0.2) is 11.7 Å². The first-order valence-electron chi connectivity index (χ1n) is 7.18. The molecule has 0 saturated heterocycles. The summed E-state index contributed by atoms with van der Waals surface area (Å²) >= 11 is 6.86. The van der Waals surface area contributed by atoms with E-state index in [9.17, 15) is 4.79 Å². The maximum Gasteiger partial charge on any atom is 0.367 e. The molecule has 3 rings (SSSR count). The fraction of sp³-hybridized carbons (Fsp3) is 0.111. The molecule has 0 fully saturated rings. The Labute approximate surface area is 156 Å². The maximum atomic E-state index is 11.7. The Morgan fingerprint density at radius 2 is 1.83 bits per heavy atom. The Hall–Kier alpha value is -1.92. The highest BCUT2D eigenvalue weighted by molar-refractivity contribution is 9.10. The molecule has 2 aromatic rings. The van der Waals surface area contributed by atoms with E-state index in [0.29, 0.717) is 23.6 Å². The third-order valence-electron chi connectivity index (χ3n) is 3.45. The van der Waals surface area contributed by atoms with Gasteiger partial charge >= 0.3 is 5.97 Å². The molecule has 0 spiro atoms. The third-order valence-corrected chi connectivity index (χ3v) is 4.48. The number of ether oxygens (including phenoxy) is 1. The zero-order valence-electron chi connectivity index (χ0n) is 12.8. The average molecular weight is 451 g/mol. The van der Waals surface area contributed by atoms with Gasteiger partial charge in [-0.3, -0.25) is 0 Å². The van der Waals surface area contributed by atoms with Gasteiger partial charge in [0.05, 0.1) is 11.3 Å². The first-order valence-corrected chi connectivity index (χ1v) is 8.76. The molecule has 0 aliphatic carbocycles. The molecule has 0 bridgehead atoms. The molecule has 0 radical (unpaired) electrons. The van der Waals surface area contributed by atoms with E-state index in [4.69, 9.17) is 4.74 Å². The molecule has 1 aliphatic heterocycles. The van der Waals surface area contributed by atoms with Crippen molar-refractivity contribution in [3.05, 3.63) is 68.1 Å². The Balaban J connectivity index is 1.86. The summed E-state index contributed by atoms with van der Waals surface area (Å²) in [4.78, 5) is 16.4. The number of oxime groups is 1. The van der Waals surface area contributed by atoms with E-state index in [0.717, 1.165) is 20.1 Å². The van der Waals surface area contributed by atoms with E-state index in [2.05, 4.69) is 41.9 Å². The lowest BCUT2D eigenvalue weighted by molar-refractivity contribution is -0.136. The van der Waals surface area contributed by atoms with Crippen molar-refractivity contribution < 1.29 is 14.4 Å². The van der Waals surface area contributed by atoms with Crippen LogP contribution >= 0.6 is 31.9 Å². The minimum Gasteiger partial charge on any atom is -0.488 e. The first kappa shape index (κ1) is 16.9. The smallest absolute Gasteiger partial charge is 0.367 e. The van der Waals surface area contributed by atoms with Crippen molar-refractivity contribution in [3.8, 4) is 5.75 Å². The summed E-state index contributed by atoms with van der Waals surface area (Å²) in [6.45, 7) is 2.17. The van der Waals surface area contributed by atoms with Crippen molar-refractivity contribution >= 4 is 49.6 Å². The second-order valence-electron chi connectivity index (χ2n) is 5.21. The Bertz CT molecular complexity index is 842. The van der Waals surface area contributed by atoms with Crippen molar-refractivity contribution in [1.82, 2.24) is 0 Å². The van der Waals surface area contributed by atoms with Crippen LogP contribution in [0, 0.1) is 0 Å². The molecule has 1 heterocycles. The maximum absolute atomic E-state index is 11.7. The number of hydrogen-bond donors (Lipinski definition) is 0. The Kier molecular flexibility index (Phi) is 5.16. The van der Waals surface area contributed by atoms with Gasteiger partial charge in [0.1, 0.15) is 12.4 Å². The van der Waals surface area contributed by atoms with Gasteiger partial charge in [0.25, 0.3) is 0 Å². The van der Waals surface area contributed by atoms with Gasteiger partial charge in [-0.05, 0) is 48.9 Å². The Morgan fingerprint density at radius 1 is 1.12 bits per heavy atom. The van der Waals surface area contributed by atoms with Gasteiger partial charge < -0.3 is 9.57 Å². The highest BCUT2D eigenvalue weighted by Gasteiger charge is 2.22. The van der Waals surface area contributed by atoms with E-state index in [1.807, 2.05) is 42.5 Å². The van der Waals surface area contributed by atoms with Gasteiger partial charge in [0, 0.05) is 14.5 Å². The molecule has 1 aliphatic rings. The standard InChI is InChI=1S/C18H13Br2NO3/c1-11-16(18(22)24-21-11)9-13-8-15(20)6-7-17(13)23-10-12-2-4-14(19)5-3-12/h2-9H,10H2,1H3/b16-9+. The van der Waals surface area contributed by atoms with Gasteiger partial charge in [0.15, 0.2) is 0 Å². The van der Waals surface area contributed by atoms with Crippen molar-refractivity contribution in [3.63, 3.8) is 0 Å². The van der Waals surface area contributed by atoms with Crippen LogP contribution in [0.2, 0.25) is 0 Å². The lowest BCUT2D eigenvalue weighted by atomic mass is 10.1. The average Bonchev–Trinajstić information content (AvgIpc) is 2.88. The molecule has 0 saturated carbocycles. The summed E-state index contributed by atoms with van der Waals surface area (Å²) in [5.74, 6) is 0.229. The fourth-order valence-corrected chi connectivity index (χ4v) is 2.82. The van der Waals surface area contributed by atoms with Crippen molar-refractivity contribution in [2.45, 2.75) is 13.5 Å². The Morgan fingerprint density at radius 3 is 2.50 bits per heavy atom. The zero-order valence-corrected chi connectivity index (χ0v) is 15.9. The molecule has 0 amide bonds. The highest BCUT2D eigenvalue weighted by Crippen LogP contribution is 2.28. The van der Waals surface area contributed by atoms with Gasteiger partial charge in [-0.2, -0.15) is 0 Å². The first-order chi connectivity index (χ1) is 11.5. The van der Waals surface area contributed by atoms with Crippen LogP contribution < -0.4 is 4.74 Å². The quantitative estimate of drug-likeness (QED) is 0.480. The summed E-state index contributed by atoms with van der Waals surface area (Å²) in [5.41, 5.74) is 2.82. The minimum atomic E-state index is -0.452. The van der Waals surface area contributed by atoms with Crippen LogP contribution in [0.15, 0.2) is 62.1 Å². The fourth-order valence-electron chi connectivity index (χ4n) is 2.18.